The molecule has 0 saturated carbocycles. The maximum atomic E-state index is 11.3. The molecule has 0 amide bonds. The standard InChI is InChI=1S/C11H9BrO2/c12-10(8-4-2-1-3-5-8)9-6-7-14-11(9)13/h1-5H,6-7H2/b10-9+. The number of cyclic esters (lactones) is 1. The third-order valence-corrected chi connectivity index (χ3v) is 3.06. The van der Waals surface area contributed by atoms with Crippen molar-refractivity contribution in [3.05, 3.63) is 41.5 Å². The number of carbonyl (C=O) groups is 1. The minimum Gasteiger partial charge on any atom is -0.462 e. The Kier molecular flexibility index (Phi) is 2.68. The summed E-state index contributed by atoms with van der Waals surface area (Å²) < 4.78 is 5.73. The third kappa shape index (κ3) is 1.73. The first-order chi connectivity index (χ1) is 6.79. The molecule has 0 atom stereocenters. The van der Waals surface area contributed by atoms with Crippen molar-refractivity contribution in [1.82, 2.24) is 0 Å². The molecule has 0 N–H and O–H groups in total. The third-order valence-electron chi connectivity index (χ3n) is 2.12. The topological polar surface area (TPSA) is 26.3 Å². The van der Waals surface area contributed by atoms with Gasteiger partial charge in [-0.2, -0.15) is 0 Å². The Labute approximate surface area is 90.7 Å². The molecule has 2 rings (SSSR count). The second-order valence-corrected chi connectivity index (χ2v) is 3.84. The van der Waals surface area contributed by atoms with Crippen LogP contribution >= 0.6 is 15.9 Å². The van der Waals surface area contributed by atoms with Gasteiger partial charge in [0.1, 0.15) is 0 Å². The molecular weight excluding hydrogens is 244 g/mol. The van der Waals surface area contributed by atoms with E-state index in [-0.39, 0.29) is 5.97 Å². The van der Waals surface area contributed by atoms with Gasteiger partial charge in [-0.3, -0.25) is 0 Å². The smallest absolute Gasteiger partial charge is 0.335 e. The number of halogens is 1. The van der Waals surface area contributed by atoms with Crippen LogP contribution in [0.1, 0.15) is 12.0 Å². The largest absolute Gasteiger partial charge is 0.462 e. The summed E-state index contributed by atoms with van der Waals surface area (Å²) in [5.41, 5.74) is 1.75. The van der Waals surface area contributed by atoms with E-state index in [1.54, 1.807) is 0 Å². The summed E-state index contributed by atoms with van der Waals surface area (Å²) in [6, 6.07) is 9.75. The number of carbonyl (C=O) groups excluding carboxylic acids is 1. The van der Waals surface area contributed by atoms with E-state index in [0.717, 1.165) is 15.6 Å². The zero-order valence-electron chi connectivity index (χ0n) is 7.50. The number of hydrogen-bond acceptors (Lipinski definition) is 2. The van der Waals surface area contributed by atoms with Crippen molar-refractivity contribution in [3.8, 4) is 0 Å². The minimum atomic E-state index is -0.208. The molecule has 0 bridgehead atoms. The van der Waals surface area contributed by atoms with Crippen molar-refractivity contribution in [1.29, 1.82) is 0 Å². The van der Waals surface area contributed by atoms with E-state index in [1.807, 2.05) is 30.3 Å². The Morgan fingerprint density at radius 2 is 2.00 bits per heavy atom. The van der Waals surface area contributed by atoms with Gasteiger partial charge in [-0.05, 0) is 21.5 Å². The quantitative estimate of drug-likeness (QED) is 0.568. The molecule has 1 aliphatic heterocycles. The average molecular weight is 253 g/mol. The second kappa shape index (κ2) is 3.96. The molecule has 0 aliphatic carbocycles. The van der Waals surface area contributed by atoms with Crippen molar-refractivity contribution in [2.75, 3.05) is 6.61 Å². The number of hydrogen-bond donors (Lipinski definition) is 0. The summed E-state index contributed by atoms with van der Waals surface area (Å²) in [6.45, 7) is 0.496. The fourth-order valence-corrected chi connectivity index (χ4v) is 2.02. The summed E-state index contributed by atoms with van der Waals surface area (Å²) in [5, 5.41) is 0. The molecule has 14 heavy (non-hydrogen) atoms. The predicted octanol–water partition coefficient (Wildman–Crippen LogP) is 2.74. The molecule has 0 spiro atoms. The summed E-state index contributed by atoms with van der Waals surface area (Å²) in [5.74, 6) is -0.208. The molecule has 2 nitrogen and oxygen atoms in total. The van der Waals surface area contributed by atoms with Gasteiger partial charge in [0.15, 0.2) is 0 Å². The van der Waals surface area contributed by atoms with Crippen LogP contribution in [0.4, 0.5) is 0 Å². The lowest BCUT2D eigenvalue weighted by Crippen LogP contribution is -1.96. The van der Waals surface area contributed by atoms with Crippen LogP contribution < -0.4 is 0 Å². The van der Waals surface area contributed by atoms with Gasteiger partial charge in [0.25, 0.3) is 0 Å². The van der Waals surface area contributed by atoms with Gasteiger partial charge in [0.05, 0.1) is 12.2 Å². The van der Waals surface area contributed by atoms with E-state index in [2.05, 4.69) is 15.9 Å². The van der Waals surface area contributed by atoms with Crippen molar-refractivity contribution < 1.29 is 9.53 Å². The van der Waals surface area contributed by atoms with Gasteiger partial charge in [-0.1, -0.05) is 30.3 Å². The first-order valence-corrected chi connectivity index (χ1v) is 5.19. The van der Waals surface area contributed by atoms with Crippen molar-refractivity contribution in [3.63, 3.8) is 0 Å². The highest BCUT2D eigenvalue weighted by atomic mass is 79.9. The highest BCUT2D eigenvalue weighted by Gasteiger charge is 2.22. The normalized spacial score (nSPS) is 19.4. The SMILES string of the molecule is O=C1OCC/C1=C(\Br)c1ccccc1. The van der Waals surface area contributed by atoms with Crippen LogP contribution in [-0.4, -0.2) is 12.6 Å². The molecule has 1 saturated heterocycles. The first kappa shape index (κ1) is 9.46. The lowest BCUT2D eigenvalue weighted by Gasteiger charge is -2.00. The summed E-state index contributed by atoms with van der Waals surface area (Å²) in [6.07, 6.45) is 0.689. The number of ether oxygens (including phenoxy) is 1. The Morgan fingerprint density at radius 3 is 2.57 bits per heavy atom. The monoisotopic (exact) mass is 252 g/mol. The Bertz CT molecular complexity index is 382. The Hall–Kier alpha value is -1.09. The van der Waals surface area contributed by atoms with Gasteiger partial charge in [-0.25, -0.2) is 4.79 Å². The molecule has 72 valence electrons. The Morgan fingerprint density at radius 1 is 1.29 bits per heavy atom. The maximum absolute atomic E-state index is 11.3. The molecule has 1 aromatic rings. The molecular formula is C11H9BrO2. The molecule has 0 radical (unpaired) electrons. The van der Waals surface area contributed by atoms with Gasteiger partial charge in [-0.15, -0.1) is 0 Å². The van der Waals surface area contributed by atoms with Gasteiger partial charge in [0, 0.05) is 10.9 Å². The van der Waals surface area contributed by atoms with Crippen LogP contribution in [0, 0.1) is 0 Å². The zero-order chi connectivity index (χ0) is 9.97. The van der Waals surface area contributed by atoms with E-state index in [4.69, 9.17) is 4.74 Å². The molecule has 1 aromatic carbocycles. The van der Waals surface area contributed by atoms with Crippen LogP contribution in [0.25, 0.3) is 4.48 Å². The number of benzene rings is 1. The molecule has 1 heterocycles. The summed E-state index contributed by atoms with van der Waals surface area (Å²) >= 11 is 3.43. The van der Waals surface area contributed by atoms with Crippen LogP contribution in [0.2, 0.25) is 0 Å². The lowest BCUT2D eigenvalue weighted by molar-refractivity contribution is -0.134. The summed E-state index contributed by atoms with van der Waals surface area (Å²) in [4.78, 5) is 11.3. The molecule has 1 aliphatic rings. The highest BCUT2D eigenvalue weighted by molar-refractivity contribution is 9.15. The van der Waals surface area contributed by atoms with E-state index in [9.17, 15) is 4.79 Å². The van der Waals surface area contributed by atoms with Crippen LogP contribution in [0.5, 0.6) is 0 Å². The molecule has 0 aromatic heterocycles. The fourth-order valence-electron chi connectivity index (χ4n) is 1.39. The maximum Gasteiger partial charge on any atom is 0.335 e. The van der Waals surface area contributed by atoms with Crippen molar-refractivity contribution >= 4 is 26.4 Å². The number of esters is 1. The zero-order valence-corrected chi connectivity index (χ0v) is 9.08. The van der Waals surface area contributed by atoms with Crippen LogP contribution in [-0.2, 0) is 9.53 Å². The highest BCUT2D eigenvalue weighted by Crippen LogP contribution is 2.30. The first-order valence-electron chi connectivity index (χ1n) is 4.40. The van der Waals surface area contributed by atoms with Crippen molar-refractivity contribution in [2.45, 2.75) is 6.42 Å². The van der Waals surface area contributed by atoms with Crippen LogP contribution in [0.15, 0.2) is 35.9 Å². The number of rotatable bonds is 1. The van der Waals surface area contributed by atoms with E-state index in [0.29, 0.717) is 13.0 Å². The van der Waals surface area contributed by atoms with Crippen molar-refractivity contribution in [2.24, 2.45) is 0 Å². The van der Waals surface area contributed by atoms with Crippen LogP contribution in [0.3, 0.4) is 0 Å². The average Bonchev–Trinajstić information content (AvgIpc) is 2.65. The fraction of sp³-hybridized carbons (Fsp3) is 0.182. The van der Waals surface area contributed by atoms with E-state index in [1.165, 1.54) is 0 Å². The van der Waals surface area contributed by atoms with Gasteiger partial charge < -0.3 is 4.74 Å². The lowest BCUT2D eigenvalue weighted by atomic mass is 10.1. The molecule has 1 fully saturated rings. The Balaban J connectivity index is 2.40. The van der Waals surface area contributed by atoms with Gasteiger partial charge in [0.2, 0.25) is 0 Å². The predicted molar refractivity (Wildman–Crippen MR) is 57.9 cm³/mol. The molecule has 0 unspecified atom stereocenters. The van der Waals surface area contributed by atoms with E-state index >= 15 is 0 Å². The summed E-state index contributed by atoms with van der Waals surface area (Å²) in [7, 11) is 0. The second-order valence-electron chi connectivity index (χ2n) is 3.04. The minimum absolute atomic E-state index is 0.208. The molecule has 3 heteroatoms. The van der Waals surface area contributed by atoms with Gasteiger partial charge >= 0.3 is 5.97 Å². The van der Waals surface area contributed by atoms with E-state index < -0.39 is 0 Å².